The van der Waals surface area contributed by atoms with Gasteiger partial charge >= 0.3 is 0 Å². The number of hydrogen-bond acceptors (Lipinski definition) is 3. The number of rotatable bonds is 2. The SMILES string of the molecule is NCC1(c2cc3c(cc2Br)OCCCO3)CCC1. The summed E-state index contributed by atoms with van der Waals surface area (Å²) in [5, 5.41) is 0. The Morgan fingerprint density at radius 1 is 1.11 bits per heavy atom. The third kappa shape index (κ3) is 1.91. The number of halogens is 1. The second-order valence-corrected chi connectivity index (χ2v) is 6.02. The average molecular weight is 312 g/mol. The van der Waals surface area contributed by atoms with Gasteiger partial charge in [-0.2, -0.15) is 0 Å². The molecule has 3 rings (SSSR count). The summed E-state index contributed by atoms with van der Waals surface area (Å²) in [6.45, 7) is 2.15. The molecule has 1 fully saturated rings. The Hall–Kier alpha value is -0.740. The predicted octanol–water partition coefficient (Wildman–Crippen LogP) is 2.99. The Morgan fingerprint density at radius 2 is 1.78 bits per heavy atom. The zero-order valence-corrected chi connectivity index (χ0v) is 12.0. The van der Waals surface area contributed by atoms with Crippen molar-refractivity contribution in [3.05, 3.63) is 22.2 Å². The van der Waals surface area contributed by atoms with Gasteiger partial charge in [-0.25, -0.2) is 0 Å². The Bertz CT molecular complexity index is 452. The molecule has 18 heavy (non-hydrogen) atoms. The third-order valence-electron chi connectivity index (χ3n) is 4.11. The maximum absolute atomic E-state index is 5.98. The van der Waals surface area contributed by atoms with Crippen LogP contribution in [0.5, 0.6) is 11.5 Å². The van der Waals surface area contributed by atoms with Crippen LogP contribution in [-0.2, 0) is 5.41 Å². The lowest BCUT2D eigenvalue weighted by atomic mass is 9.64. The van der Waals surface area contributed by atoms with Crippen molar-refractivity contribution in [2.45, 2.75) is 31.1 Å². The number of ether oxygens (including phenoxy) is 2. The van der Waals surface area contributed by atoms with Crippen LogP contribution in [0.2, 0.25) is 0 Å². The summed E-state index contributed by atoms with van der Waals surface area (Å²) in [7, 11) is 0. The van der Waals surface area contributed by atoms with Crippen LogP contribution in [0.4, 0.5) is 0 Å². The van der Waals surface area contributed by atoms with E-state index in [1.165, 1.54) is 24.8 Å². The zero-order valence-electron chi connectivity index (χ0n) is 10.4. The lowest BCUT2D eigenvalue weighted by molar-refractivity contribution is 0.250. The van der Waals surface area contributed by atoms with Crippen LogP contribution >= 0.6 is 15.9 Å². The molecule has 2 N–H and O–H groups in total. The molecule has 1 aromatic carbocycles. The van der Waals surface area contributed by atoms with Gasteiger partial charge < -0.3 is 15.2 Å². The fourth-order valence-electron chi connectivity index (χ4n) is 2.78. The molecular weight excluding hydrogens is 294 g/mol. The lowest BCUT2D eigenvalue weighted by Gasteiger charge is -2.42. The van der Waals surface area contributed by atoms with Crippen molar-refractivity contribution >= 4 is 15.9 Å². The van der Waals surface area contributed by atoms with E-state index in [1.807, 2.05) is 6.07 Å². The van der Waals surface area contributed by atoms with Crippen LogP contribution in [0.25, 0.3) is 0 Å². The molecule has 0 aromatic heterocycles. The molecule has 0 saturated heterocycles. The normalized spacial score (nSPS) is 21.0. The van der Waals surface area contributed by atoms with Crippen molar-refractivity contribution in [3.63, 3.8) is 0 Å². The zero-order chi connectivity index (χ0) is 12.6. The van der Waals surface area contributed by atoms with E-state index in [9.17, 15) is 0 Å². The molecule has 0 spiro atoms. The van der Waals surface area contributed by atoms with Gasteiger partial charge in [0.05, 0.1) is 13.2 Å². The van der Waals surface area contributed by atoms with E-state index in [-0.39, 0.29) is 5.41 Å². The Morgan fingerprint density at radius 3 is 2.33 bits per heavy atom. The predicted molar refractivity (Wildman–Crippen MR) is 74.3 cm³/mol. The first-order chi connectivity index (χ1) is 8.75. The van der Waals surface area contributed by atoms with Gasteiger partial charge in [0.2, 0.25) is 0 Å². The highest BCUT2D eigenvalue weighted by atomic mass is 79.9. The Labute approximate surface area is 116 Å². The molecule has 1 aliphatic heterocycles. The summed E-state index contributed by atoms with van der Waals surface area (Å²) in [5.74, 6) is 1.71. The second kappa shape index (κ2) is 4.74. The minimum atomic E-state index is 0.142. The van der Waals surface area contributed by atoms with Crippen molar-refractivity contribution in [2.75, 3.05) is 19.8 Å². The molecule has 0 radical (unpaired) electrons. The average Bonchev–Trinajstić information content (AvgIpc) is 2.53. The first-order valence-corrected chi connectivity index (χ1v) is 7.34. The molecule has 1 aromatic rings. The molecule has 1 heterocycles. The van der Waals surface area contributed by atoms with Gasteiger partial charge in [-0.1, -0.05) is 22.4 Å². The minimum absolute atomic E-state index is 0.142. The maximum Gasteiger partial charge on any atom is 0.162 e. The molecule has 2 aliphatic rings. The lowest BCUT2D eigenvalue weighted by Crippen LogP contribution is -2.41. The van der Waals surface area contributed by atoms with E-state index in [0.29, 0.717) is 6.54 Å². The fourth-order valence-corrected chi connectivity index (χ4v) is 3.52. The monoisotopic (exact) mass is 311 g/mol. The molecule has 0 unspecified atom stereocenters. The minimum Gasteiger partial charge on any atom is -0.490 e. The van der Waals surface area contributed by atoms with Crippen LogP contribution < -0.4 is 15.2 Å². The summed E-state index contributed by atoms with van der Waals surface area (Å²) in [4.78, 5) is 0. The summed E-state index contributed by atoms with van der Waals surface area (Å²) in [6, 6.07) is 4.16. The number of fused-ring (bicyclic) bond motifs is 1. The fraction of sp³-hybridized carbons (Fsp3) is 0.571. The van der Waals surface area contributed by atoms with E-state index in [2.05, 4.69) is 22.0 Å². The van der Waals surface area contributed by atoms with Gasteiger partial charge in [0, 0.05) is 22.9 Å². The van der Waals surface area contributed by atoms with Gasteiger partial charge in [-0.05, 0) is 30.5 Å². The molecule has 4 heteroatoms. The van der Waals surface area contributed by atoms with Gasteiger partial charge in [0.25, 0.3) is 0 Å². The standard InChI is InChI=1S/C14H18BrNO2/c15-11-8-13-12(17-5-2-6-18-13)7-10(11)14(9-16)3-1-4-14/h7-8H,1-6,9,16H2. The highest BCUT2D eigenvalue weighted by Crippen LogP contribution is 2.48. The van der Waals surface area contributed by atoms with Crippen LogP contribution in [0.15, 0.2) is 16.6 Å². The van der Waals surface area contributed by atoms with Crippen LogP contribution in [0, 0.1) is 0 Å². The van der Waals surface area contributed by atoms with E-state index < -0.39 is 0 Å². The first kappa shape index (κ1) is 12.3. The Balaban J connectivity index is 2.03. The van der Waals surface area contributed by atoms with Crippen molar-refractivity contribution in [1.82, 2.24) is 0 Å². The number of nitrogens with two attached hydrogens (primary N) is 1. The molecule has 1 aliphatic carbocycles. The highest BCUT2D eigenvalue weighted by molar-refractivity contribution is 9.10. The second-order valence-electron chi connectivity index (χ2n) is 5.17. The van der Waals surface area contributed by atoms with Crippen molar-refractivity contribution in [2.24, 2.45) is 5.73 Å². The smallest absolute Gasteiger partial charge is 0.162 e. The van der Waals surface area contributed by atoms with Crippen LogP contribution in [0.3, 0.4) is 0 Å². The number of benzene rings is 1. The molecule has 3 nitrogen and oxygen atoms in total. The third-order valence-corrected chi connectivity index (χ3v) is 4.77. The van der Waals surface area contributed by atoms with Crippen molar-refractivity contribution in [1.29, 1.82) is 0 Å². The highest BCUT2D eigenvalue weighted by Gasteiger charge is 2.39. The summed E-state index contributed by atoms with van der Waals surface area (Å²) >= 11 is 3.66. The van der Waals surface area contributed by atoms with Crippen molar-refractivity contribution in [3.8, 4) is 11.5 Å². The molecule has 98 valence electrons. The van der Waals surface area contributed by atoms with Crippen LogP contribution in [-0.4, -0.2) is 19.8 Å². The van der Waals surface area contributed by atoms with Gasteiger partial charge in [0.15, 0.2) is 11.5 Å². The topological polar surface area (TPSA) is 44.5 Å². The van der Waals surface area contributed by atoms with Gasteiger partial charge in [-0.15, -0.1) is 0 Å². The molecule has 0 amide bonds. The largest absolute Gasteiger partial charge is 0.490 e. The van der Waals surface area contributed by atoms with E-state index in [0.717, 1.165) is 35.6 Å². The summed E-state index contributed by atoms with van der Waals surface area (Å²) in [6.07, 6.45) is 4.53. The Kier molecular flexibility index (Phi) is 3.24. The number of hydrogen-bond donors (Lipinski definition) is 1. The molecular formula is C14H18BrNO2. The van der Waals surface area contributed by atoms with Gasteiger partial charge in [0.1, 0.15) is 0 Å². The van der Waals surface area contributed by atoms with E-state index in [1.54, 1.807) is 0 Å². The molecule has 0 bridgehead atoms. The first-order valence-electron chi connectivity index (χ1n) is 6.55. The maximum atomic E-state index is 5.98. The van der Waals surface area contributed by atoms with Crippen LogP contribution in [0.1, 0.15) is 31.2 Å². The summed E-state index contributed by atoms with van der Waals surface area (Å²) in [5.41, 5.74) is 7.40. The summed E-state index contributed by atoms with van der Waals surface area (Å²) < 4.78 is 12.6. The molecule has 0 atom stereocenters. The van der Waals surface area contributed by atoms with E-state index >= 15 is 0 Å². The van der Waals surface area contributed by atoms with Crippen molar-refractivity contribution < 1.29 is 9.47 Å². The molecule has 1 saturated carbocycles. The van der Waals surface area contributed by atoms with Gasteiger partial charge in [-0.3, -0.25) is 0 Å². The quantitative estimate of drug-likeness (QED) is 0.913. The van der Waals surface area contributed by atoms with E-state index in [4.69, 9.17) is 15.2 Å².